The number of aromatic nitrogens is 1. The maximum atomic E-state index is 12.7. The highest BCUT2D eigenvalue weighted by Gasteiger charge is 2.29. The van der Waals surface area contributed by atoms with Crippen molar-refractivity contribution >= 4 is 5.91 Å². The molecule has 4 nitrogen and oxygen atoms in total. The van der Waals surface area contributed by atoms with Crippen LogP contribution in [0, 0.1) is 5.92 Å². The number of hydrogen-bond donors (Lipinski definition) is 1. The summed E-state index contributed by atoms with van der Waals surface area (Å²) < 4.78 is 0. The van der Waals surface area contributed by atoms with Gasteiger partial charge in [-0.05, 0) is 56.6 Å². The Balaban J connectivity index is 1.92. The molecular formula is C16H22N2O2. The number of aryl methyl sites for hydroxylation is 2. The number of likely N-dealkylation sites (tertiary alicyclic amines) is 1. The van der Waals surface area contributed by atoms with E-state index in [0.29, 0.717) is 11.5 Å². The number of piperidine rings is 1. The van der Waals surface area contributed by atoms with Crippen LogP contribution in [0.15, 0.2) is 10.9 Å². The van der Waals surface area contributed by atoms with Crippen LogP contribution in [0.2, 0.25) is 0 Å². The number of carbonyl (C=O) groups is 1. The van der Waals surface area contributed by atoms with Crippen molar-refractivity contribution in [3.05, 3.63) is 33.2 Å². The molecule has 1 saturated heterocycles. The van der Waals surface area contributed by atoms with Gasteiger partial charge in [-0.25, -0.2) is 0 Å². The zero-order chi connectivity index (χ0) is 14.3. The number of H-pyrrole nitrogens is 1. The molecule has 0 radical (unpaired) electrons. The summed E-state index contributed by atoms with van der Waals surface area (Å²) in [5.74, 6) is 0.420. The van der Waals surface area contributed by atoms with Gasteiger partial charge in [-0.3, -0.25) is 9.59 Å². The number of nitrogens with one attached hydrogen (secondary N) is 1. The van der Waals surface area contributed by atoms with Gasteiger partial charge in [-0.1, -0.05) is 6.92 Å². The minimum Gasteiger partial charge on any atom is -0.336 e. The Morgan fingerprint density at radius 2 is 2.10 bits per heavy atom. The molecule has 0 spiro atoms. The third-order valence-electron chi connectivity index (χ3n) is 4.70. The molecule has 0 saturated carbocycles. The Kier molecular flexibility index (Phi) is 3.40. The minimum absolute atomic E-state index is 0.0972. The fraction of sp³-hybridized carbons (Fsp3) is 0.625. The number of nitrogens with zero attached hydrogens (tertiary/aromatic N) is 1. The molecule has 1 aromatic heterocycles. The topological polar surface area (TPSA) is 53.2 Å². The SMILES string of the molecule is CC1CCC(C)N(C(=O)c2cc3c([nH]c2=O)CCC3)C1. The van der Waals surface area contributed by atoms with Gasteiger partial charge in [0.15, 0.2) is 0 Å². The molecular weight excluding hydrogens is 252 g/mol. The summed E-state index contributed by atoms with van der Waals surface area (Å²) in [7, 11) is 0. The maximum Gasteiger partial charge on any atom is 0.261 e. The van der Waals surface area contributed by atoms with Crippen LogP contribution in [0.4, 0.5) is 0 Å². The molecule has 1 aromatic rings. The second kappa shape index (κ2) is 5.08. The number of amides is 1. The lowest BCUT2D eigenvalue weighted by atomic mass is 9.94. The van der Waals surface area contributed by atoms with Crippen molar-refractivity contribution < 1.29 is 4.79 Å². The molecule has 0 aromatic carbocycles. The average Bonchev–Trinajstić information content (AvgIpc) is 2.87. The van der Waals surface area contributed by atoms with E-state index >= 15 is 0 Å². The summed E-state index contributed by atoms with van der Waals surface area (Å²) in [6.07, 6.45) is 5.15. The number of pyridine rings is 1. The molecule has 1 N–H and O–H groups in total. The second-order valence-corrected chi connectivity index (χ2v) is 6.36. The Hall–Kier alpha value is -1.58. The number of carbonyl (C=O) groups excluding carboxylic acids is 1. The Morgan fingerprint density at radius 3 is 2.90 bits per heavy atom. The van der Waals surface area contributed by atoms with Gasteiger partial charge in [0.2, 0.25) is 0 Å². The number of hydrogen-bond acceptors (Lipinski definition) is 2. The molecule has 20 heavy (non-hydrogen) atoms. The summed E-state index contributed by atoms with van der Waals surface area (Å²) in [5.41, 5.74) is 2.27. The zero-order valence-corrected chi connectivity index (χ0v) is 12.2. The van der Waals surface area contributed by atoms with Gasteiger partial charge in [0.1, 0.15) is 5.56 Å². The molecule has 2 atom stereocenters. The summed E-state index contributed by atoms with van der Waals surface area (Å²) in [4.78, 5) is 29.6. The van der Waals surface area contributed by atoms with Gasteiger partial charge in [0, 0.05) is 18.3 Å². The number of rotatable bonds is 1. The van der Waals surface area contributed by atoms with Gasteiger partial charge in [0.05, 0.1) is 0 Å². The summed E-state index contributed by atoms with van der Waals surface area (Å²) in [6.45, 7) is 5.00. The molecule has 1 aliphatic carbocycles. The summed E-state index contributed by atoms with van der Waals surface area (Å²) in [6, 6.07) is 2.06. The predicted octanol–water partition coefficient (Wildman–Crippen LogP) is 2.12. The Bertz CT molecular complexity index is 591. The normalized spacial score (nSPS) is 25.6. The van der Waals surface area contributed by atoms with E-state index in [1.54, 1.807) is 0 Å². The van der Waals surface area contributed by atoms with E-state index < -0.39 is 0 Å². The predicted molar refractivity (Wildman–Crippen MR) is 78.0 cm³/mol. The van der Waals surface area contributed by atoms with Crippen LogP contribution in [0.1, 0.15) is 54.7 Å². The zero-order valence-electron chi connectivity index (χ0n) is 12.2. The standard InChI is InChI=1S/C16H22N2O2/c1-10-6-7-11(2)18(9-10)16(20)13-8-12-4-3-5-14(12)17-15(13)19/h8,10-11H,3-7,9H2,1-2H3,(H,17,19). The fourth-order valence-corrected chi connectivity index (χ4v) is 3.40. The highest BCUT2D eigenvalue weighted by atomic mass is 16.2. The van der Waals surface area contributed by atoms with Gasteiger partial charge in [0.25, 0.3) is 11.5 Å². The van der Waals surface area contributed by atoms with E-state index in [1.807, 2.05) is 11.0 Å². The smallest absolute Gasteiger partial charge is 0.261 e. The molecule has 1 fully saturated rings. The van der Waals surface area contributed by atoms with E-state index in [1.165, 1.54) is 0 Å². The van der Waals surface area contributed by atoms with Crippen LogP contribution in [0.25, 0.3) is 0 Å². The summed E-state index contributed by atoms with van der Waals surface area (Å²) >= 11 is 0. The van der Waals surface area contributed by atoms with Crippen molar-refractivity contribution in [3.8, 4) is 0 Å². The lowest BCUT2D eigenvalue weighted by Gasteiger charge is -2.36. The van der Waals surface area contributed by atoms with Gasteiger partial charge < -0.3 is 9.88 Å². The van der Waals surface area contributed by atoms with Crippen molar-refractivity contribution in [3.63, 3.8) is 0 Å². The van der Waals surface area contributed by atoms with E-state index in [2.05, 4.69) is 18.8 Å². The van der Waals surface area contributed by atoms with E-state index in [0.717, 1.165) is 49.9 Å². The molecule has 1 aliphatic heterocycles. The minimum atomic E-state index is -0.221. The van der Waals surface area contributed by atoms with Crippen molar-refractivity contribution in [2.24, 2.45) is 5.92 Å². The quantitative estimate of drug-likeness (QED) is 0.853. The Morgan fingerprint density at radius 1 is 1.30 bits per heavy atom. The second-order valence-electron chi connectivity index (χ2n) is 6.36. The van der Waals surface area contributed by atoms with Crippen molar-refractivity contribution in [2.75, 3.05) is 6.54 Å². The van der Waals surface area contributed by atoms with E-state index in [9.17, 15) is 9.59 Å². The van der Waals surface area contributed by atoms with Crippen LogP contribution >= 0.6 is 0 Å². The first-order valence-corrected chi connectivity index (χ1v) is 7.62. The fourth-order valence-electron chi connectivity index (χ4n) is 3.40. The van der Waals surface area contributed by atoms with Gasteiger partial charge in [-0.2, -0.15) is 0 Å². The monoisotopic (exact) mass is 274 g/mol. The van der Waals surface area contributed by atoms with Crippen molar-refractivity contribution in [1.29, 1.82) is 0 Å². The van der Waals surface area contributed by atoms with Crippen LogP contribution in [0.3, 0.4) is 0 Å². The first kappa shape index (κ1) is 13.4. The Labute approximate surface area is 119 Å². The van der Waals surface area contributed by atoms with Crippen LogP contribution in [0.5, 0.6) is 0 Å². The van der Waals surface area contributed by atoms with E-state index in [-0.39, 0.29) is 17.5 Å². The molecule has 1 amide bonds. The first-order valence-electron chi connectivity index (χ1n) is 7.62. The van der Waals surface area contributed by atoms with Crippen LogP contribution < -0.4 is 5.56 Å². The summed E-state index contributed by atoms with van der Waals surface area (Å²) in [5, 5.41) is 0. The largest absolute Gasteiger partial charge is 0.336 e. The molecule has 0 bridgehead atoms. The molecule has 2 unspecified atom stereocenters. The number of fused-ring (bicyclic) bond motifs is 1. The average molecular weight is 274 g/mol. The lowest BCUT2D eigenvalue weighted by molar-refractivity contribution is 0.0572. The molecule has 2 heterocycles. The van der Waals surface area contributed by atoms with Crippen LogP contribution in [-0.4, -0.2) is 28.4 Å². The van der Waals surface area contributed by atoms with Gasteiger partial charge >= 0.3 is 0 Å². The highest BCUT2D eigenvalue weighted by Crippen LogP contribution is 2.24. The van der Waals surface area contributed by atoms with Crippen molar-refractivity contribution in [1.82, 2.24) is 9.88 Å². The number of aromatic amines is 1. The maximum absolute atomic E-state index is 12.7. The molecule has 3 rings (SSSR count). The molecule has 2 aliphatic rings. The first-order chi connectivity index (χ1) is 9.56. The van der Waals surface area contributed by atoms with E-state index in [4.69, 9.17) is 0 Å². The third kappa shape index (κ3) is 2.28. The third-order valence-corrected chi connectivity index (χ3v) is 4.70. The van der Waals surface area contributed by atoms with Gasteiger partial charge in [-0.15, -0.1) is 0 Å². The molecule has 108 valence electrons. The highest BCUT2D eigenvalue weighted by molar-refractivity contribution is 5.94. The molecule has 4 heteroatoms. The van der Waals surface area contributed by atoms with Crippen LogP contribution in [-0.2, 0) is 12.8 Å². The lowest BCUT2D eigenvalue weighted by Crippen LogP contribution is -2.46. The van der Waals surface area contributed by atoms with Crippen molar-refractivity contribution in [2.45, 2.75) is 52.0 Å².